The molecule has 6 unspecified atom stereocenters. The van der Waals surface area contributed by atoms with Crippen molar-refractivity contribution in [2.45, 2.75) is 45.8 Å². The lowest BCUT2D eigenvalue weighted by molar-refractivity contribution is 0.0369. The summed E-state index contributed by atoms with van der Waals surface area (Å²) in [6, 6.07) is 0. The highest BCUT2D eigenvalue weighted by molar-refractivity contribution is 5.03. The molecule has 0 spiro atoms. The van der Waals surface area contributed by atoms with Crippen molar-refractivity contribution in [3.63, 3.8) is 0 Å². The Morgan fingerprint density at radius 1 is 1.44 bits per heavy atom. The van der Waals surface area contributed by atoms with Gasteiger partial charge in [0.2, 0.25) is 0 Å². The molecule has 0 aromatic carbocycles. The molecule has 1 N–H and O–H groups in total. The second-order valence-electron chi connectivity index (χ2n) is 5.05. The summed E-state index contributed by atoms with van der Waals surface area (Å²) in [5.41, 5.74) is 0. The van der Waals surface area contributed by atoms with Gasteiger partial charge in [-0.3, -0.25) is 0 Å². The maximum absolute atomic E-state index is 10.0. The number of hydrogen-bond donors (Lipinski definition) is 1. The van der Waals surface area contributed by atoms with Crippen LogP contribution >= 0.6 is 0 Å². The number of terminal acetylenes is 1. The Morgan fingerprint density at radius 3 is 2.50 bits per heavy atom. The van der Waals surface area contributed by atoms with Gasteiger partial charge in [-0.1, -0.05) is 13.8 Å². The zero-order chi connectivity index (χ0) is 12.3. The molecule has 0 aromatic heterocycles. The first-order valence-electron chi connectivity index (χ1n) is 6.23. The molecule has 0 amide bonds. The van der Waals surface area contributed by atoms with E-state index in [1.165, 1.54) is 0 Å². The molecule has 16 heavy (non-hydrogen) atoms. The standard InChI is InChI=1S/C14H24O2/c1-6-9(3)14(15)12-8-11(12)10(4)13(7-2)16-5/h1,9-15H,7-8H2,2-5H3. The SMILES string of the molecule is C#CC(C)C(O)C1CC1C(C)C(CC)OC. The van der Waals surface area contributed by atoms with Crippen LogP contribution in [-0.4, -0.2) is 24.4 Å². The second-order valence-corrected chi connectivity index (χ2v) is 5.05. The van der Waals surface area contributed by atoms with Gasteiger partial charge in [0.15, 0.2) is 0 Å². The third-order valence-electron chi connectivity index (χ3n) is 4.07. The number of methoxy groups -OCH3 is 1. The summed E-state index contributed by atoms with van der Waals surface area (Å²) in [6.07, 6.45) is 7.43. The number of aliphatic hydroxyl groups excluding tert-OH is 1. The Hall–Kier alpha value is -0.520. The lowest BCUT2D eigenvalue weighted by Gasteiger charge is -2.22. The van der Waals surface area contributed by atoms with Crippen LogP contribution in [-0.2, 0) is 4.74 Å². The predicted octanol–water partition coefficient (Wildman–Crippen LogP) is 2.31. The van der Waals surface area contributed by atoms with Crippen molar-refractivity contribution in [2.24, 2.45) is 23.7 Å². The smallest absolute Gasteiger partial charge is 0.0705 e. The molecule has 1 saturated carbocycles. The van der Waals surface area contributed by atoms with Gasteiger partial charge >= 0.3 is 0 Å². The first kappa shape index (κ1) is 13.5. The monoisotopic (exact) mass is 224 g/mol. The molecule has 2 heteroatoms. The molecule has 0 bridgehead atoms. The molecule has 1 fully saturated rings. The van der Waals surface area contributed by atoms with Crippen molar-refractivity contribution in [1.29, 1.82) is 0 Å². The summed E-state index contributed by atoms with van der Waals surface area (Å²) in [5.74, 6) is 4.06. The van der Waals surface area contributed by atoms with Crippen LogP contribution in [0.3, 0.4) is 0 Å². The van der Waals surface area contributed by atoms with Gasteiger partial charge in [0.1, 0.15) is 0 Å². The van der Waals surface area contributed by atoms with Crippen LogP contribution in [0.1, 0.15) is 33.6 Å². The highest BCUT2D eigenvalue weighted by Gasteiger charge is 2.48. The van der Waals surface area contributed by atoms with E-state index in [1.807, 2.05) is 6.92 Å². The molecule has 0 aromatic rings. The Bertz CT molecular complexity index is 252. The first-order chi connectivity index (χ1) is 7.56. The minimum Gasteiger partial charge on any atom is -0.392 e. The number of ether oxygens (including phenoxy) is 1. The van der Waals surface area contributed by atoms with Gasteiger partial charge in [-0.25, -0.2) is 0 Å². The van der Waals surface area contributed by atoms with Crippen LogP contribution in [0.25, 0.3) is 0 Å². The normalized spacial score (nSPS) is 31.2. The van der Waals surface area contributed by atoms with E-state index in [0.717, 1.165) is 12.8 Å². The Balaban J connectivity index is 2.47. The minimum atomic E-state index is -0.341. The third kappa shape index (κ3) is 2.78. The zero-order valence-electron chi connectivity index (χ0n) is 10.8. The number of rotatable bonds is 6. The van der Waals surface area contributed by atoms with Crippen LogP contribution in [0.2, 0.25) is 0 Å². The second kappa shape index (κ2) is 5.70. The van der Waals surface area contributed by atoms with E-state index in [4.69, 9.17) is 11.2 Å². The molecule has 0 radical (unpaired) electrons. The van der Waals surface area contributed by atoms with Gasteiger partial charge in [0.25, 0.3) is 0 Å². The summed E-state index contributed by atoms with van der Waals surface area (Å²) >= 11 is 0. The molecule has 1 rings (SSSR count). The molecule has 0 heterocycles. The third-order valence-corrected chi connectivity index (χ3v) is 4.07. The van der Waals surface area contributed by atoms with Crippen molar-refractivity contribution in [2.75, 3.05) is 7.11 Å². The van der Waals surface area contributed by atoms with Crippen LogP contribution < -0.4 is 0 Å². The minimum absolute atomic E-state index is 0.0372. The topological polar surface area (TPSA) is 29.5 Å². The maximum atomic E-state index is 10.0. The fourth-order valence-corrected chi connectivity index (χ4v) is 2.73. The molecular weight excluding hydrogens is 200 g/mol. The summed E-state index contributed by atoms with van der Waals surface area (Å²) in [4.78, 5) is 0. The molecule has 0 saturated heterocycles. The zero-order valence-corrected chi connectivity index (χ0v) is 10.8. The van der Waals surface area contributed by atoms with Crippen LogP contribution in [0, 0.1) is 36.0 Å². The van der Waals surface area contributed by atoms with Crippen LogP contribution in [0.5, 0.6) is 0 Å². The quantitative estimate of drug-likeness (QED) is 0.702. The highest BCUT2D eigenvalue weighted by atomic mass is 16.5. The lowest BCUT2D eigenvalue weighted by Crippen LogP contribution is -2.25. The summed E-state index contributed by atoms with van der Waals surface area (Å²) in [5, 5.41) is 10.0. The largest absolute Gasteiger partial charge is 0.392 e. The molecular formula is C14H24O2. The number of aliphatic hydroxyl groups is 1. The molecule has 1 aliphatic carbocycles. The molecule has 1 aliphatic rings. The van der Waals surface area contributed by atoms with E-state index < -0.39 is 0 Å². The average molecular weight is 224 g/mol. The molecule has 0 aliphatic heterocycles. The van der Waals surface area contributed by atoms with E-state index in [0.29, 0.717) is 23.9 Å². The van der Waals surface area contributed by atoms with Gasteiger partial charge in [0, 0.05) is 13.0 Å². The van der Waals surface area contributed by atoms with E-state index in [-0.39, 0.29) is 12.0 Å². The summed E-state index contributed by atoms with van der Waals surface area (Å²) in [6.45, 7) is 6.27. The van der Waals surface area contributed by atoms with Crippen molar-refractivity contribution in [3.8, 4) is 12.3 Å². The Morgan fingerprint density at radius 2 is 2.06 bits per heavy atom. The number of hydrogen-bond acceptors (Lipinski definition) is 2. The summed E-state index contributed by atoms with van der Waals surface area (Å²) < 4.78 is 5.46. The Labute approximate surface area is 99.4 Å². The maximum Gasteiger partial charge on any atom is 0.0705 e. The van der Waals surface area contributed by atoms with Gasteiger partial charge in [-0.05, 0) is 37.5 Å². The molecule has 6 atom stereocenters. The van der Waals surface area contributed by atoms with Crippen LogP contribution in [0.4, 0.5) is 0 Å². The van der Waals surface area contributed by atoms with Gasteiger partial charge in [0.05, 0.1) is 12.2 Å². The predicted molar refractivity (Wildman–Crippen MR) is 65.9 cm³/mol. The van der Waals surface area contributed by atoms with Gasteiger partial charge < -0.3 is 9.84 Å². The van der Waals surface area contributed by atoms with Crippen LogP contribution in [0.15, 0.2) is 0 Å². The van der Waals surface area contributed by atoms with Gasteiger partial charge in [-0.2, -0.15) is 0 Å². The van der Waals surface area contributed by atoms with Crippen molar-refractivity contribution < 1.29 is 9.84 Å². The fraction of sp³-hybridized carbons (Fsp3) is 0.857. The van der Waals surface area contributed by atoms with Crippen molar-refractivity contribution in [1.82, 2.24) is 0 Å². The molecule has 92 valence electrons. The van der Waals surface area contributed by atoms with Gasteiger partial charge in [-0.15, -0.1) is 12.3 Å². The molecule has 2 nitrogen and oxygen atoms in total. The fourth-order valence-electron chi connectivity index (χ4n) is 2.73. The summed E-state index contributed by atoms with van der Waals surface area (Å²) in [7, 11) is 1.77. The van der Waals surface area contributed by atoms with E-state index in [9.17, 15) is 5.11 Å². The lowest BCUT2D eigenvalue weighted by atomic mass is 9.92. The average Bonchev–Trinajstić information content (AvgIpc) is 3.08. The Kier molecular flexibility index (Phi) is 4.83. The van der Waals surface area contributed by atoms with E-state index >= 15 is 0 Å². The first-order valence-corrected chi connectivity index (χ1v) is 6.23. The highest BCUT2D eigenvalue weighted by Crippen LogP contribution is 2.49. The van der Waals surface area contributed by atoms with E-state index in [1.54, 1.807) is 7.11 Å². The van der Waals surface area contributed by atoms with Crippen molar-refractivity contribution in [3.05, 3.63) is 0 Å². The van der Waals surface area contributed by atoms with Crippen molar-refractivity contribution >= 4 is 0 Å². The van der Waals surface area contributed by atoms with E-state index in [2.05, 4.69) is 19.8 Å².